The van der Waals surface area contributed by atoms with E-state index in [1.807, 2.05) is 18.2 Å². The van der Waals surface area contributed by atoms with Crippen molar-refractivity contribution < 1.29 is 14.3 Å². The molecule has 1 aromatic carbocycles. The van der Waals surface area contributed by atoms with Crippen molar-refractivity contribution in [2.75, 3.05) is 19.9 Å². The Morgan fingerprint density at radius 1 is 1.47 bits per heavy atom. The molecule has 3 N–H and O–H groups in total. The average Bonchev–Trinajstić information content (AvgIpc) is 2.89. The molecule has 1 amide bonds. The number of hydrogen-bond acceptors (Lipinski definition) is 4. The first-order chi connectivity index (χ1) is 9.26. The minimum absolute atomic E-state index is 0.0517. The molecular weight excluding hydrogens is 244 g/mol. The van der Waals surface area contributed by atoms with Crippen LogP contribution in [0.4, 0.5) is 0 Å². The topological polar surface area (TPSA) is 73.6 Å². The van der Waals surface area contributed by atoms with Gasteiger partial charge in [0.2, 0.25) is 12.7 Å². The summed E-state index contributed by atoms with van der Waals surface area (Å²) in [6.45, 7) is 4.70. The molecule has 1 aromatic rings. The fourth-order valence-electron chi connectivity index (χ4n) is 2.04. The van der Waals surface area contributed by atoms with E-state index >= 15 is 0 Å². The predicted molar refractivity (Wildman–Crippen MR) is 72.2 cm³/mol. The number of amides is 1. The zero-order valence-electron chi connectivity index (χ0n) is 10.7. The second kappa shape index (κ2) is 6.24. The standard InChI is InChI=1S/C14H18N2O3/c1-2-7-16-14(17)11(5-6-15)10-3-4-12-13(8-10)19-9-18-12/h2-4,8,11H,1,5-7,9,15H2,(H,16,17). The van der Waals surface area contributed by atoms with Crippen molar-refractivity contribution in [3.05, 3.63) is 36.4 Å². The van der Waals surface area contributed by atoms with E-state index < -0.39 is 0 Å². The lowest BCUT2D eigenvalue weighted by atomic mass is 9.94. The van der Waals surface area contributed by atoms with Crippen LogP contribution in [0.5, 0.6) is 11.5 Å². The number of benzene rings is 1. The number of nitrogens with two attached hydrogens (primary N) is 1. The van der Waals surface area contributed by atoms with Gasteiger partial charge in [-0.25, -0.2) is 0 Å². The van der Waals surface area contributed by atoms with Crippen LogP contribution < -0.4 is 20.5 Å². The molecule has 19 heavy (non-hydrogen) atoms. The molecule has 1 aliphatic rings. The smallest absolute Gasteiger partial charge is 0.231 e. The lowest BCUT2D eigenvalue weighted by Gasteiger charge is -2.16. The normalized spacial score (nSPS) is 13.9. The highest BCUT2D eigenvalue weighted by Gasteiger charge is 2.22. The molecule has 5 heteroatoms. The first-order valence-corrected chi connectivity index (χ1v) is 6.24. The Labute approximate surface area is 112 Å². The third-order valence-corrected chi connectivity index (χ3v) is 2.99. The second-order valence-corrected chi connectivity index (χ2v) is 4.28. The molecule has 0 aromatic heterocycles. The summed E-state index contributed by atoms with van der Waals surface area (Å²) in [7, 11) is 0. The summed E-state index contributed by atoms with van der Waals surface area (Å²) in [5.41, 5.74) is 6.48. The van der Waals surface area contributed by atoms with Crippen molar-refractivity contribution in [3.63, 3.8) is 0 Å². The van der Waals surface area contributed by atoms with Crippen molar-refractivity contribution in [1.29, 1.82) is 0 Å². The highest BCUT2D eigenvalue weighted by atomic mass is 16.7. The van der Waals surface area contributed by atoms with Gasteiger partial charge in [-0.05, 0) is 30.7 Å². The summed E-state index contributed by atoms with van der Waals surface area (Å²) in [5, 5.41) is 2.80. The molecular formula is C14H18N2O3. The lowest BCUT2D eigenvalue weighted by molar-refractivity contribution is -0.122. The third kappa shape index (κ3) is 3.06. The van der Waals surface area contributed by atoms with Crippen LogP contribution in [0.15, 0.2) is 30.9 Å². The molecule has 0 saturated heterocycles. The van der Waals surface area contributed by atoms with E-state index in [1.165, 1.54) is 0 Å². The van der Waals surface area contributed by atoms with E-state index in [9.17, 15) is 4.79 Å². The zero-order valence-corrected chi connectivity index (χ0v) is 10.7. The Hall–Kier alpha value is -2.01. The maximum atomic E-state index is 12.1. The Kier molecular flexibility index (Phi) is 4.41. The maximum Gasteiger partial charge on any atom is 0.231 e. The molecule has 5 nitrogen and oxygen atoms in total. The van der Waals surface area contributed by atoms with Crippen LogP contribution in [0.3, 0.4) is 0 Å². The van der Waals surface area contributed by atoms with Gasteiger partial charge in [-0.15, -0.1) is 6.58 Å². The van der Waals surface area contributed by atoms with Crippen LogP contribution in [0.25, 0.3) is 0 Å². The molecule has 1 atom stereocenters. The number of hydrogen-bond donors (Lipinski definition) is 2. The molecule has 0 saturated carbocycles. The first kappa shape index (κ1) is 13.4. The number of carbonyl (C=O) groups is 1. The third-order valence-electron chi connectivity index (χ3n) is 2.99. The van der Waals surface area contributed by atoms with Crippen LogP contribution in [0.1, 0.15) is 17.9 Å². The van der Waals surface area contributed by atoms with Gasteiger partial charge in [0.25, 0.3) is 0 Å². The summed E-state index contributed by atoms with van der Waals surface area (Å²) < 4.78 is 10.6. The molecule has 0 fully saturated rings. The Morgan fingerprint density at radius 2 is 2.26 bits per heavy atom. The van der Waals surface area contributed by atoms with Gasteiger partial charge >= 0.3 is 0 Å². The summed E-state index contributed by atoms with van der Waals surface area (Å²) in [4.78, 5) is 12.1. The van der Waals surface area contributed by atoms with Crippen molar-refractivity contribution in [2.45, 2.75) is 12.3 Å². The van der Waals surface area contributed by atoms with E-state index in [0.29, 0.717) is 31.0 Å². The monoisotopic (exact) mass is 262 g/mol. The van der Waals surface area contributed by atoms with Gasteiger partial charge < -0.3 is 20.5 Å². The predicted octanol–water partition coefficient (Wildman–Crippen LogP) is 1.15. The van der Waals surface area contributed by atoms with Crippen molar-refractivity contribution in [1.82, 2.24) is 5.32 Å². The Balaban J connectivity index is 2.18. The Bertz CT molecular complexity index is 474. The van der Waals surface area contributed by atoms with E-state index in [0.717, 1.165) is 5.56 Å². The molecule has 102 valence electrons. The van der Waals surface area contributed by atoms with Gasteiger partial charge in [-0.2, -0.15) is 0 Å². The summed E-state index contributed by atoms with van der Waals surface area (Å²) in [6, 6.07) is 5.54. The highest BCUT2D eigenvalue weighted by Crippen LogP contribution is 2.35. The van der Waals surface area contributed by atoms with E-state index in [-0.39, 0.29) is 18.6 Å². The lowest BCUT2D eigenvalue weighted by Crippen LogP contribution is -2.30. The van der Waals surface area contributed by atoms with E-state index in [1.54, 1.807) is 6.08 Å². The molecule has 2 rings (SSSR count). The van der Waals surface area contributed by atoms with Crippen LogP contribution in [-0.2, 0) is 4.79 Å². The average molecular weight is 262 g/mol. The fourth-order valence-corrected chi connectivity index (χ4v) is 2.04. The molecule has 1 unspecified atom stereocenters. The highest BCUT2D eigenvalue weighted by molar-refractivity contribution is 5.84. The zero-order chi connectivity index (χ0) is 13.7. The van der Waals surface area contributed by atoms with Gasteiger partial charge in [-0.3, -0.25) is 4.79 Å². The maximum absolute atomic E-state index is 12.1. The van der Waals surface area contributed by atoms with Crippen LogP contribution in [0, 0.1) is 0 Å². The number of nitrogens with one attached hydrogen (secondary N) is 1. The van der Waals surface area contributed by atoms with Crippen molar-refractivity contribution in [2.24, 2.45) is 5.73 Å². The molecule has 0 bridgehead atoms. The van der Waals surface area contributed by atoms with E-state index in [2.05, 4.69) is 11.9 Å². The molecule has 1 aliphatic heterocycles. The number of carbonyl (C=O) groups excluding carboxylic acids is 1. The SMILES string of the molecule is C=CCNC(=O)C(CCN)c1ccc2c(c1)OCO2. The number of fused-ring (bicyclic) bond motifs is 1. The van der Waals surface area contributed by atoms with Crippen molar-refractivity contribution >= 4 is 5.91 Å². The summed E-state index contributed by atoms with van der Waals surface area (Å²) >= 11 is 0. The van der Waals surface area contributed by atoms with Crippen molar-refractivity contribution in [3.8, 4) is 11.5 Å². The van der Waals surface area contributed by atoms with E-state index in [4.69, 9.17) is 15.2 Å². The van der Waals surface area contributed by atoms with Crippen LogP contribution >= 0.6 is 0 Å². The van der Waals surface area contributed by atoms with Crippen LogP contribution in [-0.4, -0.2) is 25.8 Å². The van der Waals surface area contributed by atoms with Crippen LogP contribution in [0.2, 0.25) is 0 Å². The summed E-state index contributed by atoms with van der Waals surface area (Å²) in [5.74, 6) is 1.06. The minimum Gasteiger partial charge on any atom is -0.454 e. The number of ether oxygens (including phenoxy) is 2. The molecule has 0 radical (unpaired) electrons. The quantitative estimate of drug-likeness (QED) is 0.754. The molecule has 1 heterocycles. The van der Waals surface area contributed by atoms with Gasteiger partial charge in [0.05, 0.1) is 5.92 Å². The summed E-state index contributed by atoms with van der Waals surface area (Å²) in [6.07, 6.45) is 2.24. The first-order valence-electron chi connectivity index (χ1n) is 6.24. The second-order valence-electron chi connectivity index (χ2n) is 4.28. The molecule has 0 aliphatic carbocycles. The minimum atomic E-state index is -0.278. The molecule has 0 spiro atoms. The fraction of sp³-hybridized carbons (Fsp3) is 0.357. The van der Waals surface area contributed by atoms with Gasteiger partial charge in [0.1, 0.15) is 0 Å². The number of rotatable bonds is 6. The largest absolute Gasteiger partial charge is 0.454 e. The Morgan fingerprint density at radius 3 is 3.00 bits per heavy atom. The van der Waals surface area contributed by atoms with Gasteiger partial charge in [0, 0.05) is 6.54 Å². The van der Waals surface area contributed by atoms with Gasteiger partial charge in [0.15, 0.2) is 11.5 Å². The van der Waals surface area contributed by atoms with Gasteiger partial charge in [-0.1, -0.05) is 12.1 Å².